The van der Waals surface area contributed by atoms with Gasteiger partial charge in [-0.25, -0.2) is 0 Å². The third kappa shape index (κ3) is 5.34. The van der Waals surface area contributed by atoms with Gasteiger partial charge in [-0.1, -0.05) is 30.3 Å². The number of likely N-dealkylation sites (tertiary alicyclic amines) is 1. The average molecular weight is 366 g/mol. The minimum absolute atomic E-state index is 0.0839. The molecule has 0 spiro atoms. The van der Waals surface area contributed by atoms with E-state index in [1.165, 1.54) is 5.56 Å². The van der Waals surface area contributed by atoms with Crippen molar-refractivity contribution in [2.45, 2.75) is 19.0 Å². The van der Waals surface area contributed by atoms with Crippen LogP contribution in [0.1, 0.15) is 17.5 Å². The summed E-state index contributed by atoms with van der Waals surface area (Å²) in [5, 5.41) is 3.09. The van der Waals surface area contributed by atoms with Crippen molar-refractivity contribution in [1.29, 1.82) is 0 Å². The molecule has 142 valence electrons. The molecule has 1 saturated heterocycles. The smallest absolute Gasteiger partial charge is 0.244 e. The SMILES string of the molecule is COc1ccc(/C=C/C(=O)NC2CCN(Cc3ccccc3)C2)c(OC)c1. The third-order valence-corrected chi connectivity index (χ3v) is 4.72. The van der Waals surface area contributed by atoms with Crippen LogP contribution < -0.4 is 14.8 Å². The number of hydrogen-bond donors (Lipinski definition) is 1. The van der Waals surface area contributed by atoms with Crippen molar-refractivity contribution in [2.75, 3.05) is 27.3 Å². The Hall–Kier alpha value is -2.79. The summed E-state index contributed by atoms with van der Waals surface area (Å²) in [5.74, 6) is 1.31. The summed E-state index contributed by atoms with van der Waals surface area (Å²) in [7, 11) is 3.21. The van der Waals surface area contributed by atoms with E-state index in [-0.39, 0.29) is 11.9 Å². The van der Waals surface area contributed by atoms with Crippen LogP contribution in [0.5, 0.6) is 11.5 Å². The molecule has 0 aliphatic carbocycles. The molecular formula is C22H26N2O3. The van der Waals surface area contributed by atoms with Crippen LogP contribution in [0.15, 0.2) is 54.6 Å². The highest BCUT2D eigenvalue weighted by atomic mass is 16.5. The molecule has 1 unspecified atom stereocenters. The maximum Gasteiger partial charge on any atom is 0.244 e. The lowest BCUT2D eigenvalue weighted by atomic mass is 10.1. The molecule has 0 saturated carbocycles. The molecule has 1 aliphatic rings. The number of benzene rings is 2. The van der Waals surface area contributed by atoms with Crippen molar-refractivity contribution >= 4 is 12.0 Å². The van der Waals surface area contributed by atoms with Gasteiger partial charge in [-0.15, -0.1) is 0 Å². The van der Waals surface area contributed by atoms with Gasteiger partial charge in [0.15, 0.2) is 0 Å². The van der Waals surface area contributed by atoms with Gasteiger partial charge in [0, 0.05) is 43.4 Å². The largest absolute Gasteiger partial charge is 0.497 e. The Kier molecular flexibility index (Phi) is 6.49. The second kappa shape index (κ2) is 9.24. The summed E-state index contributed by atoms with van der Waals surface area (Å²) in [6.07, 6.45) is 4.30. The predicted octanol–water partition coefficient (Wildman–Crippen LogP) is 3.11. The fourth-order valence-corrected chi connectivity index (χ4v) is 3.31. The molecule has 1 N–H and O–H groups in total. The van der Waals surface area contributed by atoms with E-state index in [4.69, 9.17) is 9.47 Å². The van der Waals surface area contributed by atoms with Crippen LogP contribution in [0.25, 0.3) is 6.08 Å². The van der Waals surface area contributed by atoms with Crippen molar-refractivity contribution in [1.82, 2.24) is 10.2 Å². The molecule has 0 bridgehead atoms. The van der Waals surface area contributed by atoms with E-state index in [0.29, 0.717) is 5.75 Å². The molecule has 27 heavy (non-hydrogen) atoms. The maximum absolute atomic E-state index is 12.3. The monoisotopic (exact) mass is 366 g/mol. The maximum atomic E-state index is 12.3. The third-order valence-electron chi connectivity index (χ3n) is 4.72. The van der Waals surface area contributed by atoms with E-state index in [9.17, 15) is 4.79 Å². The number of nitrogens with zero attached hydrogens (tertiary/aromatic N) is 1. The first kappa shape index (κ1) is 19.0. The van der Waals surface area contributed by atoms with Gasteiger partial charge in [-0.05, 0) is 30.2 Å². The Morgan fingerprint density at radius 1 is 1.19 bits per heavy atom. The summed E-state index contributed by atoms with van der Waals surface area (Å²) in [6, 6.07) is 16.1. The first-order valence-corrected chi connectivity index (χ1v) is 9.15. The standard InChI is InChI=1S/C22H26N2O3/c1-26-20-10-8-18(21(14-20)27-2)9-11-22(25)23-19-12-13-24(16-19)15-17-6-4-3-5-7-17/h3-11,14,19H,12-13,15-16H2,1-2H3,(H,23,25)/b11-9+. The molecule has 1 atom stereocenters. The lowest BCUT2D eigenvalue weighted by Crippen LogP contribution is -2.35. The van der Waals surface area contributed by atoms with Crippen LogP contribution in [0, 0.1) is 0 Å². The normalized spacial score (nSPS) is 17.2. The fraction of sp³-hybridized carbons (Fsp3) is 0.318. The van der Waals surface area contributed by atoms with E-state index < -0.39 is 0 Å². The van der Waals surface area contributed by atoms with Crippen LogP contribution in [0.2, 0.25) is 0 Å². The Morgan fingerprint density at radius 2 is 2.00 bits per heavy atom. The number of hydrogen-bond acceptors (Lipinski definition) is 4. The van der Waals surface area contributed by atoms with Gasteiger partial charge in [-0.2, -0.15) is 0 Å². The summed E-state index contributed by atoms with van der Waals surface area (Å²) >= 11 is 0. The van der Waals surface area contributed by atoms with Crippen molar-refractivity contribution in [2.24, 2.45) is 0 Å². The van der Waals surface area contributed by atoms with Crippen LogP contribution in [0.4, 0.5) is 0 Å². The van der Waals surface area contributed by atoms with E-state index in [1.807, 2.05) is 18.2 Å². The zero-order valence-electron chi connectivity index (χ0n) is 15.9. The van der Waals surface area contributed by atoms with Gasteiger partial charge in [0.25, 0.3) is 0 Å². The predicted molar refractivity (Wildman–Crippen MR) is 107 cm³/mol. The quantitative estimate of drug-likeness (QED) is 0.765. The van der Waals surface area contributed by atoms with Crippen molar-refractivity contribution in [3.8, 4) is 11.5 Å². The van der Waals surface area contributed by atoms with Gasteiger partial charge in [0.1, 0.15) is 11.5 Å². The molecule has 1 heterocycles. The Balaban J connectivity index is 1.52. The minimum Gasteiger partial charge on any atom is -0.497 e. The molecule has 2 aromatic rings. The lowest BCUT2D eigenvalue weighted by Gasteiger charge is -2.16. The van der Waals surface area contributed by atoms with Crippen LogP contribution >= 0.6 is 0 Å². The zero-order valence-corrected chi connectivity index (χ0v) is 15.9. The second-order valence-electron chi connectivity index (χ2n) is 6.66. The van der Waals surface area contributed by atoms with E-state index >= 15 is 0 Å². The highest BCUT2D eigenvalue weighted by Crippen LogP contribution is 2.25. The molecule has 0 aromatic heterocycles. The number of carbonyl (C=O) groups excluding carboxylic acids is 1. The Bertz CT molecular complexity index is 789. The average Bonchev–Trinajstić information content (AvgIpc) is 3.13. The molecule has 3 rings (SSSR count). The van der Waals surface area contributed by atoms with Gasteiger partial charge < -0.3 is 14.8 Å². The lowest BCUT2D eigenvalue weighted by molar-refractivity contribution is -0.117. The van der Waals surface area contributed by atoms with Gasteiger partial charge in [-0.3, -0.25) is 9.69 Å². The number of nitrogens with one attached hydrogen (secondary N) is 1. The van der Waals surface area contributed by atoms with Crippen LogP contribution in [-0.2, 0) is 11.3 Å². The summed E-state index contributed by atoms with van der Waals surface area (Å²) in [5.41, 5.74) is 2.14. The molecular weight excluding hydrogens is 340 g/mol. The van der Waals surface area contributed by atoms with E-state index in [2.05, 4.69) is 34.5 Å². The van der Waals surface area contributed by atoms with Gasteiger partial charge >= 0.3 is 0 Å². The van der Waals surface area contributed by atoms with Crippen molar-refractivity contribution < 1.29 is 14.3 Å². The highest BCUT2D eigenvalue weighted by molar-refractivity contribution is 5.92. The van der Waals surface area contributed by atoms with Crippen molar-refractivity contribution in [3.63, 3.8) is 0 Å². The van der Waals surface area contributed by atoms with Crippen LogP contribution in [0.3, 0.4) is 0 Å². The molecule has 2 aromatic carbocycles. The minimum atomic E-state index is -0.0839. The van der Waals surface area contributed by atoms with E-state index in [1.54, 1.807) is 32.4 Å². The summed E-state index contributed by atoms with van der Waals surface area (Å²) < 4.78 is 10.5. The number of carbonyl (C=O) groups is 1. The highest BCUT2D eigenvalue weighted by Gasteiger charge is 2.23. The molecule has 1 amide bonds. The van der Waals surface area contributed by atoms with Gasteiger partial charge in [0.05, 0.1) is 14.2 Å². The molecule has 1 fully saturated rings. The van der Waals surface area contributed by atoms with Gasteiger partial charge in [0.2, 0.25) is 5.91 Å². The number of methoxy groups -OCH3 is 2. The first-order chi connectivity index (χ1) is 13.2. The summed E-state index contributed by atoms with van der Waals surface area (Å²) in [4.78, 5) is 14.6. The number of ether oxygens (including phenoxy) is 2. The molecule has 5 nitrogen and oxygen atoms in total. The Morgan fingerprint density at radius 3 is 2.74 bits per heavy atom. The second-order valence-corrected chi connectivity index (χ2v) is 6.66. The number of amides is 1. The number of rotatable bonds is 7. The Labute approximate surface area is 160 Å². The topological polar surface area (TPSA) is 50.8 Å². The molecule has 1 aliphatic heterocycles. The zero-order chi connectivity index (χ0) is 19.1. The fourth-order valence-electron chi connectivity index (χ4n) is 3.31. The van der Waals surface area contributed by atoms with E-state index in [0.717, 1.165) is 37.4 Å². The summed E-state index contributed by atoms with van der Waals surface area (Å²) in [6.45, 7) is 2.79. The molecule has 5 heteroatoms. The van der Waals surface area contributed by atoms with Crippen molar-refractivity contribution in [3.05, 3.63) is 65.7 Å². The van der Waals surface area contributed by atoms with Crippen LogP contribution in [-0.4, -0.2) is 44.2 Å². The first-order valence-electron chi connectivity index (χ1n) is 9.15. The molecule has 0 radical (unpaired) electrons.